The summed E-state index contributed by atoms with van der Waals surface area (Å²) in [5.41, 5.74) is 0. The Balaban J connectivity index is 1.35. The molecule has 3 rings (SSSR count). The Morgan fingerprint density at radius 3 is 3.00 bits per heavy atom. The van der Waals surface area contributed by atoms with E-state index in [2.05, 4.69) is 17.6 Å². The lowest BCUT2D eigenvalue weighted by atomic mass is 9.88. The van der Waals surface area contributed by atoms with Crippen LogP contribution in [-0.4, -0.2) is 37.9 Å². The first-order valence-electron chi connectivity index (χ1n) is 7.45. The van der Waals surface area contributed by atoms with E-state index in [0.29, 0.717) is 12.1 Å². The predicted octanol–water partition coefficient (Wildman–Crippen LogP) is 1.53. The van der Waals surface area contributed by atoms with Gasteiger partial charge in [0.15, 0.2) is 0 Å². The maximum absolute atomic E-state index is 5.59. The number of ether oxygens (including phenoxy) is 1. The maximum Gasteiger partial charge on any atom is 0.0604 e. The molecule has 17 heavy (non-hydrogen) atoms. The van der Waals surface area contributed by atoms with Crippen molar-refractivity contribution in [3.8, 4) is 0 Å². The number of rotatable bonds is 5. The van der Waals surface area contributed by atoms with Gasteiger partial charge in [0.25, 0.3) is 0 Å². The first-order chi connectivity index (χ1) is 8.36. The molecule has 3 atom stereocenters. The molecule has 0 aromatic rings. The van der Waals surface area contributed by atoms with Crippen molar-refractivity contribution < 1.29 is 4.74 Å². The third-order valence-electron chi connectivity index (χ3n) is 5.00. The van der Waals surface area contributed by atoms with Crippen molar-refractivity contribution in [2.75, 3.05) is 19.7 Å². The fraction of sp³-hybridized carbons (Fsp3) is 1.00. The molecule has 2 N–H and O–H groups in total. The van der Waals surface area contributed by atoms with Gasteiger partial charge in [-0.25, -0.2) is 0 Å². The lowest BCUT2D eigenvalue weighted by Gasteiger charge is -2.36. The van der Waals surface area contributed by atoms with E-state index in [0.717, 1.165) is 24.5 Å². The van der Waals surface area contributed by atoms with Crippen molar-refractivity contribution in [3.63, 3.8) is 0 Å². The normalized spacial score (nSPS) is 44.6. The van der Waals surface area contributed by atoms with Crippen LogP contribution in [0.25, 0.3) is 0 Å². The summed E-state index contributed by atoms with van der Waals surface area (Å²) in [5.74, 6) is 1.95. The highest BCUT2D eigenvalue weighted by Gasteiger charge is 2.39. The van der Waals surface area contributed by atoms with E-state index in [9.17, 15) is 0 Å². The van der Waals surface area contributed by atoms with E-state index < -0.39 is 0 Å². The van der Waals surface area contributed by atoms with Crippen LogP contribution in [0, 0.1) is 11.8 Å². The second-order valence-corrected chi connectivity index (χ2v) is 6.02. The van der Waals surface area contributed by atoms with Crippen LogP contribution in [-0.2, 0) is 4.74 Å². The fourth-order valence-electron chi connectivity index (χ4n) is 3.92. The molecule has 0 aromatic carbocycles. The molecule has 3 nitrogen and oxygen atoms in total. The third kappa shape index (κ3) is 2.51. The Morgan fingerprint density at radius 1 is 1.29 bits per heavy atom. The highest BCUT2D eigenvalue weighted by Crippen LogP contribution is 2.37. The largest absolute Gasteiger partial charge is 0.378 e. The van der Waals surface area contributed by atoms with E-state index in [4.69, 9.17) is 4.74 Å². The molecule has 1 aliphatic heterocycles. The van der Waals surface area contributed by atoms with Crippen LogP contribution < -0.4 is 10.6 Å². The molecule has 1 saturated heterocycles. The van der Waals surface area contributed by atoms with Gasteiger partial charge in [-0.3, -0.25) is 0 Å². The Kier molecular flexibility index (Phi) is 3.69. The van der Waals surface area contributed by atoms with Gasteiger partial charge in [-0.1, -0.05) is 6.42 Å². The quantitative estimate of drug-likeness (QED) is 0.762. The summed E-state index contributed by atoms with van der Waals surface area (Å²) >= 11 is 0. The van der Waals surface area contributed by atoms with Crippen molar-refractivity contribution in [1.29, 1.82) is 0 Å². The van der Waals surface area contributed by atoms with Crippen LogP contribution in [0.2, 0.25) is 0 Å². The van der Waals surface area contributed by atoms with E-state index in [-0.39, 0.29) is 0 Å². The van der Waals surface area contributed by atoms with E-state index in [1.807, 2.05) is 0 Å². The monoisotopic (exact) mass is 238 g/mol. The number of nitrogens with one attached hydrogen (secondary N) is 2. The summed E-state index contributed by atoms with van der Waals surface area (Å²) in [6.07, 6.45) is 7.35. The number of hydrogen-bond donors (Lipinski definition) is 2. The molecule has 3 aliphatic rings. The minimum Gasteiger partial charge on any atom is -0.378 e. The van der Waals surface area contributed by atoms with Crippen LogP contribution in [0.5, 0.6) is 0 Å². The SMILES string of the molecule is CCOC1CC(NCC2NCC3CCCC32)C1. The van der Waals surface area contributed by atoms with Crippen molar-refractivity contribution >= 4 is 0 Å². The van der Waals surface area contributed by atoms with Gasteiger partial charge >= 0.3 is 0 Å². The van der Waals surface area contributed by atoms with Crippen molar-refractivity contribution in [2.24, 2.45) is 11.8 Å². The van der Waals surface area contributed by atoms with Crippen LogP contribution in [0.1, 0.15) is 39.0 Å². The average Bonchev–Trinajstić information content (AvgIpc) is 2.84. The highest BCUT2D eigenvalue weighted by molar-refractivity contribution is 4.96. The summed E-state index contributed by atoms with van der Waals surface area (Å²) in [6.45, 7) is 5.39. The van der Waals surface area contributed by atoms with Gasteiger partial charge in [0.05, 0.1) is 6.10 Å². The molecular weight excluding hydrogens is 212 g/mol. The summed E-state index contributed by atoms with van der Waals surface area (Å²) in [4.78, 5) is 0. The zero-order chi connectivity index (χ0) is 11.7. The Hall–Kier alpha value is -0.120. The lowest BCUT2D eigenvalue weighted by Crippen LogP contribution is -2.49. The van der Waals surface area contributed by atoms with Gasteiger partial charge < -0.3 is 15.4 Å². The smallest absolute Gasteiger partial charge is 0.0604 e. The van der Waals surface area contributed by atoms with Crippen molar-refractivity contribution in [3.05, 3.63) is 0 Å². The summed E-state index contributed by atoms with van der Waals surface area (Å²) in [7, 11) is 0. The van der Waals surface area contributed by atoms with Crippen LogP contribution in [0.15, 0.2) is 0 Å². The zero-order valence-electron chi connectivity index (χ0n) is 11.0. The molecular formula is C14H26N2O. The van der Waals surface area contributed by atoms with Gasteiger partial charge in [-0.05, 0) is 51.0 Å². The van der Waals surface area contributed by atoms with Crippen molar-refractivity contribution in [1.82, 2.24) is 10.6 Å². The average molecular weight is 238 g/mol. The summed E-state index contributed by atoms with van der Waals surface area (Å²) < 4.78 is 5.59. The van der Waals surface area contributed by atoms with Gasteiger partial charge in [0, 0.05) is 25.2 Å². The van der Waals surface area contributed by atoms with E-state index in [1.54, 1.807) is 0 Å². The van der Waals surface area contributed by atoms with Crippen LogP contribution >= 0.6 is 0 Å². The second-order valence-electron chi connectivity index (χ2n) is 6.02. The first-order valence-corrected chi connectivity index (χ1v) is 7.45. The third-order valence-corrected chi connectivity index (χ3v) is 5.00. The van der Waals surface area contributed by atoms with Crippen LogP contribution in [0.4, 0.5) is 0 Å². The Labute approximate surface area is 105 Å². The number of fused-ring (bicyclic) bond motifs is 1. The zero-order valence-corrected chi connectivity index (χ0v) is 11.0. The Bertz CT molecular complexity index is 253. The lowest BCUT2D eigenvalue weighted by molar-refractivity contribution is -0.0103. The molecule has 0 amide bonds. The topological polar surface area (TPSA) is 33.3 Å². The molecule has 0 aromatic heterocycles. The minimum atomic E-state index is 0.535. The molecule has 2 saturated carbocycles. The van der Waals surface area contributed by atoms with Gasteiger partial charge in [-0.15, -0.1) is 0 Å². The maximum atomic E-state index is 5.59. The molecule has 2 aliphatic carbocycles. The van der Waals surface area contributed by atoms with Gasteiger partial charge in [0.2, 0.25) is 0 Å². The Morgan fingerprint density at radius 2 is 2.18 bits per heavy atom. The molecule has 3 fully saturated rings. The number of hydrogen-bond acceptors (Lipinski definition) is 3. The molecule has 1 heterocycles. The van der Waals surface area contributed by atoms with Gasteiger partial charge in [-0.2, -0.15) is 0 Å². The summed E-state index contributed by atoms with van der Waals surface area (Å²) in [5, 5.41) is 7.42. The van der Waals surface area contributed by atoms with Gasteiger partial charge in [0.1, 0.15) is 0 Å². The van der Waals surface area contributed by atoms with Crippen LogP contribution in [0.3, 0.4) is 0 Å². The fourth-order valence-corrected chi connectivity index (χ4v) is 3.92. The molecule has 98 valence electrons. The van der Waals surface area contributed by atoms with E-state index >= 15 is 0 Å². The molecule has 0 spiro atoms. The highest BCUT2D eigenvalue weighted by atomic mass is 16.5. The molecule has 3 heteroatoms. The summed E-state index contributed by atoms with van der Waals surface area (Å²) in [6, 6.07) is 1.46. The molecule has 3 unspecified atom stereocenters. The minimum absolute atomic E-state index is 0.535. The predicted molar refractivity (Wildman–Crippen MR) is 69.1 cm³/mol. The van der Waals surface area contributed by atoms with E-state index in [1.165, 1.54) is 45.2 Å². The molecule has 0 bridgehead atoms. The first kappa shape index (κ1) is 11.9. The standard InChI is InChI=1S/C14H26N2O/c1-2-17-12-6-11(7-12)15-9-14-13-5-3-4-10(13)8-16-14/h10-16H,2-9H2,1H3. The molecule has 0 radical (unpaired) electrons. The second kappa shape index (κ2) is 5.25. The van der Waals surface area contributed by atoms with Crippen molar-refractivity contribution in [2.45, 2.75) is 57.2 Å².